The molecule has 3 aromatic carbocycles. The number of imidazole rings is 1. The number of para-hydroxylation sites is 1. The van der Waals surface area contributed by atoms with E-state index in [1.54, 1.807) is 0 Å². The lowest BCUT2D eigenvalue weighted by atomic mass is 9.84. The van der Waals surface area contributed by atoms with Crippen LogP contribution in [-0.4, -0.2) is 4.57 Å². The third-order valence-corrected chi connectivity index (χ3v) is 7.93. The van der Waals surface area contributed by atoms with Crippen molar-refractivity contribution in [3.05, 3.63) is 107 Å². The second-order valence-corrected chi connectivity index (χ2v) is 9.71. The Balaban J connectivity index is 1.76. The zero-order valence-electron chi connectivity index (χ0n) is 19.3. The normalized spacial score (nSPS) is 19.8. The zero-order chi connectivity index (χ0) is 21.9. The number of rotatable bonds is 3. The molecule has 32 heavy (non-hydrogen) atoms. The minimum atomic E-state index is -0.218. The van der Waals surface area contributed by atoms with Gasteiger partial charge < -0.3 is 0 Å². The van der Waals surface area contributed by atoms with Crippen LogP contribution < -0.4 is 4.57 Å². The molecule has 1 atom stereocenters. The Morgan fingerprint density at radius 2 is 1.47 bits per heavy atom. The van der Waals surface area contributed by atoms with Gasteiger partial charge in [0.15, 0.2) is 16.9 Å². The molecule has 1 aromatic heterocycles. The van der Waals surface area contributed by atoms with Crippen LogP contribution in [0.25, 0.3) is 16.9 Å². The second kappa shape index (κ2) is 7.20. The lowest BCUT2D eigenvalue weighted by Gasteiger charge is -2.27. The van der Waals surface area contributed by atoms with Crippen LogP contribution in [0.1, 0.15) is 66.7 Å². The monoisotopic (exact) mass is 419 g/mol. The van der Waals surface area contributed by atoms with Crippen LogP contribution >= 0.6 is 0 Å². The van der Waals surface area contributed by atoms with E-state index in [1.165, 1.54) is 70.8 Å². The fraction of sp³-hybridized carbons (Fsp3) is 0.300. The summed E-state index contributed by atoms with van der Waals surface area (Å²) in [6.45, 7) is 7.00. The molecule has 1 fully saturated rings. The van der Waals surface area contributed by atoms with Crippen LogP contribution in [0, 0.1) is 13.8 Å². The van der Waals surface area contributed by atoms with Crippen LogP contribution in [0.3, 0.4) is 0 Å². The third kappa shape index (κ3) is 2.56. The maximum Gasteiger partial charge on any atom is 0.266 e. The first-order chi connectivity index (χ1) is 15.6. The van der Waals surface area contributed by atoms with E-state index >= 15 is 0 Å². The molecule has 1 saturated carbocycles. The molecule has 6 rings (SSSR count). The van der Waals surface area contributed by atoms with Crippen LogP contribution in [-0.2, 0) is 5.54 Å². The molecule has 160 valence electrons. The van der Waals surface area contributed by atoms with E-state index in [0.29, 0.717) is 5.92 Å². The number of aryl methyl sites for hydroxylation is 1. The number of nitrogens with zero attached hydrogens (tertiary/aromatic N) is 2. The smallest absolute Gasteiger partial charge is 0.213 e. The Kier molecular flexibility index (Phi) is 4.40. The number of fused-ring (bicyclic) bond motifs is 3. The Bertz CT molecular complexity index is 1310. The summed E-state index contributed by atoms with van der Waals surface area (Å²) in [7, 11) is 0. The Labute approximate surface area is 191 Å². The molecule has 1 aliphatic carbocycles. The highest BCUT2D eigenvalue weighted by molar-refractivity contribution is 5.70. The highest BCUT2D eigenvalue weighted by Crippen LogP contribution is 2.47. The van der Waals surface area contributed by atoms with Gasteiger partial charge in [-0.2, -0.15) is 4.57 Å². The summed E-state index contributed by atoms with van der Waals surface area (Å²) in [6.07, 6.45) is 5.20. The molecule has 1 aliphatic heterocycles. The molecule has 0 saturated heterocycles. The van der Waals surface area contributed by atoms with Gasteiger partial charge in [0, 0.05) is 23.6 Å². The van der Waals surface area contributed by atoms with Crippen LogP contribution in [0.2, 0.25) is 0 Å². The van der Waals surface area contributed by atoms with Crippen LogP contribution in [0.4, 0.5) is 0 Å². The summed E-state index contributed by atoms with van der Waals surface area (Å²) in [5.74, 6) is 2.06. The average Bonchev–Trinajstić information content (AvgIpc) is 3.52. The summed E-state index contributed by atoms with van der Waals surface area (Å²) in [5.41, 5.74) is 9.33. The standard InChI is InChI=1S/C30H31N2/c1-21-13-7-12-20-27(21)31-22(2)28-25-18-10-11-19-26(25)30(3,24-16-5-4-6-17-24)32(28)29(31)23-14-8-9-15-23/h4-7,10-13,16-20,23H,8-9,14-15H2,1-3H3/q+1. The first kappa shape index (κ1) is 19.5. The summed E-state index contributed by atoms with van der Waals surface area (Å²) >= 11 is 0. The molecule has 0 radical (unpaired) electrons. The van der Waals surface area contributed by atoms with Crippen molar-refractivity contribution in [3.8, 4) is 16.9 Å². The molecule has 2 aliphatic rings. The van der Waals surface area contributed by atoms with Gasteiger partial charge in [-0.1, -0.05) is 85.6 Å². The first-order valence-corrected chi connectivity index (χ1v) is 12.0. The van der Waals surface area contributed by atoms with E-state index in [9.17, 15) is 0 Å². The van der Waals surface area contributed by atoms with E-state index in [1.807, 2.05) is 0 Å². The highest BCUT2D eigenvalue weighted by atomic mass is 15.2. The maximum absolute atomic E-state index is 2.71. The summed E-state index contributed by atoms with van der Waals surface area (Å²) in [6, 6.07) is 29.0. The SMILES string of the molecule is Cc1ccccc1-n1c(C)c2[n+](c1C1CCCC1)C(C)(c1ccccc1)c1ccccc1-2. The fourth-order valence-corrected chi connectivity index (χ4v) is 6.37. The quantitative estimate of drug-likeness (QED) is 0.322. The molecule has 2 nitrogen and oxygen atoms in total. The molecule has 0 bridgehead atoms. The van der Waals surface area contributed by atoms with E-state index in [0.717, 1.165) is 0 Å². The lowest BCUT2D eigenvalue weighted by Crippen LogP contribution is -2.56. The lowest BCUT2D eigenvalue weighted by molar-refractivity contribution is -0.732. The molecule has 1 unspecified atom stereocenters. The predicted octanol–water partition coefficient (Wildman–Crippen LogP) is 6.83. The van der Waals surface area contributed by atoms with Crippen molar-refractivity contribution in [3.63, 3.8) is 0 Å². The highest BCUT2D eigenvalue weighted by Gasteiger charge is 2.52. The number of benzene rings is 3. The number of hydrogen-bond donors (Lipinski definition) is 0. The van der Waals surface area contributed by atoms with Crippen molar-refractivity contribution in [1.82, 2.24) is 4.57 Å². The van der Waals surface area contributed by atoms with Gasteiger partial charge in [0.05, 0.1) is 5.92 Å². The van der Waals surface area contributed by atoms with Gasteiger partial charge >= 0.3 is 0 Å². The van der Waals surface area contributed by atoms with Gasteiger partial charge in [-0.25, -0.2) is 4.57 Å². The second-order valence-electron chi connectivity index (χ2n) is 9.71. The first-order valence-electron chi connectivity index (χ1n) is 12.0. The molecule has 4 aromatic rings. The van der Waals surface area contributed by atoms with Crippen molar-refractivity contribution in [1.29, 1.82) is 0 Å². The molecule has 0 N–H and O–H groups in total. The molecular weight excluding hydrogens is 388 g/mol. The molecule has 2 heterocycles. The largest absolute Gasteiger partial charge is 0.266 e. The van der Waals surface area contributed by atoms with Crippen molar-refractivity contribution in [2.75, 3.05) is 0 Å². The minimum Gasteiger partial charge on any atom is -0.213 e. The Hall–Kier alpha value is -3.13. The van der Waals surface area contributed by atoms with E-state index < -0.39 is 0 Å². The maximum atomic E-state index is 2.71. The van der Waals surface area contributed by atoms with Gasteiger partial charge in [0.1, 0.15) is 5.69 Å². The Morgan fingerprint density at radius 3 is 2.22 bits per heavy atom. The average molecular weight is 420 g/mol. The van der Waals surface area contributed by atoms with Crippen LogP contribution in [0.5, 0.6) is 0 Å². The summed E-state index contributed by atoms with van der Waals surface area (Å²) < 4.78 is 5.31. The topological polar surface area (TPSA) is 8.81 Å². The summed E-state index contributed by atoms with van der Waals surface area (Å²) in [5, 5.41) is 0. The third-order valence-electron chi connectivity index (χ3n) is 7.93. The molecule has 0 amide bonds. The fourth-order valence-electron chi connectivity index (χ4n) is 6.37. The molecular formula is C30H31N2+. The van der Waals surface area contributed by atoms with Crippen molar-refractivity contribution in [2.24, 2.45) is 0 Å². The van der Waals surface area contributed by atoms with E-state index in [-0.39, 0.29) is 5.54 Å². The minimum absolute atomic E-state index is 0.218. The van der Waals surface area contributed by atoms with Crippen molar-refractivity contribution >= 4 is 0 Å². The van der Waals surface area contributed by atoms with Gasteiger partial charge in [0.2, 0.25) is 0 Å². The van der Waals surface area contributed by atoms with E-state index in [4.69, 9.17) is 0 Å². The van der Waals surface area contributed by atoms with E-state index in [2.05, 4.69) is 109 Å². The molecule has 2 heteroatoms. The Morgan fingerprint density at radius 1 is 0.812 bits per heavy atom. The van der Waals surface area contributed by atoms with Gasteiger partial charge in [-0.05, 0) is 38.3 Å². The van der Waals surface area contributed by atoms with Gasteiger partial charge in [-0.15, -0.1) is 0 Å². The van der Waals surface area contributed by atoms with Gasteiger partial charge in [0.25, 0.3) is 5.82 Å². The predicted molar refractivity (Wildman–Crippen MR) is 130 cm³/mol. The summed E-state index contributed by atoms with van der Waals surface area (Å²) in [4.78, 5) is 0. The number of aromatic nitrogens is 2. The van der Waals surface area contributed by atoms with Crippen LogP contribution in [0.15, 0.2) is 78.9 Å². The number of hydrogen-bond acceptors (Lipinski definition) is 0. The van der Waals surface area contributed by atoms with Crippen molar-refractivity contribution < 1.29 is 4.57 Å². The van der Waals surface area contributed by atoms with Gasteiger partial charge in [-0.3, -0.25) is 0 Å². The molecule has 0 spiro atoms. The zero-order valence-corrected chi connectivity index (χ0v) is 19.3. The van der Waals surface area contributed by atoms with Crippen molar-refractivity contribution in [2.45, 2.75) is 57.9 Å².